The summed E-state index contributed by atoms with van der Waals surface area (Å²) in [6.45, 7) is 3.59. The van der Waals surface area contributed by atoms with E-state index in [1.807, 2.05) is 29.2 Å². The quantitative estimate of drug-likeness (QED) is 0.467. The lowest BCUT2D eigenvalue weighted by molar-refractivity contribution is -0.389. The van der Waals surface area contributed by atoms with Crippen molar-refractivity contribution in [3.8, 4) is 11.5 Å². The van der Waals surface area contributed by atoms with Crippen LogP contribution in [0, 0.1) is 10.1 Å². The van der Waals surface area contributed by atoms with Crippen LogP contribution in [0.1, 0.15) is 5.56 Å². The number of aromatic nitrogens is 2. The van der Waals surface area contributed by atoms with Crippen molar-refractivity contribution < 1.29 is 14.4 Å². The fourth-order valence-electron chi connectivity index (χ4n) is 3.72. The predicted molar refractivity (Wildman–Crippen MR) is 109 cm³/mol. The van der Waals surface area contributed by atoms with Crippen molar-refractivity contribution in [2.24, 2.45) is 0 Å². The van der Waals surface area contributed by atoms with Gasteiger partial charge in [-0.15, -0.1) is 0 Å². The molecule has 1 aromatic carbocycles. The number of fused-ring (bicyclic) bond motifs is 1. The zero-order valence-electron chi connectivity index (χ0n) is 16.4. The Morgan fingerprint density at radius 2 is 1.90 bits per heavy atom. The van der Waals surface area contributed by atoms with Crippen LogP contribution in [-0.4, -0.2) is 59.6 Å². The number of benzene rings is 1. The maximum Gasteiger partial charge on any atom is 0.372 e. The zero-order valence-corrected chi connectivity index (χ0v) is 16.4. The largest absolute Gasteiger partial charge is 0.497 e. The summed E-state index contributed by atoms with van der Waals surface area (Å²) in [5.74, 6) is 2.06. The van der Waals surface area contributed by atoms with Gasteiger partial charge in [-0.2, -0.15) is 9.38 Å². The summed E-state index contributed by atoms with van der Waals surface area (Å²) in [4.78, 5) is 20.1. The molecule has 0 radical (unpaired) electrons. The van der Waals surface area contributed by atoms with E-state index in [0.717, 1.165) is 36.7 Å². The Labute approximate surface area is 168 Å². The SMILES string of the molecule is COc1ccc(OC)c(CN2CCN(c3nc4ccccn4c3[N+](=O)[O-])CC2)c1. The van der Waals surface area contributed by atoms with Gasteiger partial charge < -0.3 is 24.5 Å². The van der Waals surface area contributed by atoms with Gasteiger partial charge in [-0.05, 0) is 29.2 Å². The second-order valence-electron chi connectivity index (χ2n) is 6.89. The van der Waals surface area contributed by atoms with E-state index in [0.29, 0.717) is 24.6 Å². The Balaban J connectivity index is 1.50. The van der Waals surface area contributed by atoms with Crippen molar-refractivity contribution in [1.82, 2.24) is 14.3 Å². The number of imidazole rings is 1. The van der Waals surface area contributed by atoms with Gasteiger partial charge >= 0.3 is 5.82 Å². The lowest BCUT2D eigenvalue weighted by Gasteiger charge is -2.34. The summed E-state index contributed by atoms with van der Waals surface area (Å²) < 4.78 is 12.3. The average molecular weight is 397 g/mol. The lowest BCUT2D eigenvalue weighted by atomic mass is 10.1. The Kier molecular flexibility index (Phi) is 5.22. The van der Waals surface area contributed by atoms with Crippen molar-refractivity contribution >= 4 is 17.3 Å². The molecule has 1 aliphatic heterocycles. The summed E-state index contributed by atoms with van der Waals surface area (Å²) in [6, 6.07) is 11.1. The number of methoxy groups -OCH3 is 2. The van der Waals surface area contributed by atoms with Crippen molar-refractivity contribution in [3.63, 3.8) is 0 Å². The summed E-state index contributed by atoms with van der Waals surface area (Å²) in [5, 5.41) is 11.7. The molecular weight excluding hydrogens is 374 g/mol. The molecule has 152 valence electrons. The molecule has 0 spiro atoms. The van der Waals surface area contributed by atoms with E-state index in [1.54, 1.807) is 32.5 Å². The smallest absolute Gasteiger partial charge is 0.372 e. The molecular formula is C20H23N5O4. The fraction of sp³-hybridized carbons (Fsp3) is 0.350. The number of ether oxygens (including phenoxy) is 2. The van der Waals surface area contributed by atoms with Crippen LogP contribution in [0.4, 0.5) is 11.6 Å². The maximum absolute atomic E-state index is 11.7. The standard InChI is InChI=1S/C20H23N5O4/c1-28-16-6-7-17(29-2)15(13-16)14-22-9-11-23(12-10-22)19-20(25(26)27)24-8-4-3-5-18(24)21-19/h3-8,13H,9-12,14H2,1-2H3. The van der Waals surface area contributed by atoms with Gasteiger partial charge in [0.25, 0.3) is 0 Å². The highest BCUT2D eigenvalue weighted by Crippen LogP contribution is 2.30. The highest BCUT2D eigenvalue weighted by atomic mass is 16.6. The number of hydrogen-bond acceptors (Lipinski definition) is 7. The van der Waals surface area contributed by atoms with Gasteiger partial charge in [0, 0.05) is 44.4 Å². The number of anilines is 1. The van der Waals surface area contributed by atoms with Crippen molar-refractivity contribution in [1.29, 1.82) is 0 Å². The molecule has 0 unspecified atom stereocenters. The molecule has 1 fully saturated rings. The minimum Gasteiger partial charge on any atom is -0.497 e. The molecule has 3 aromatic rings. The number of rotatable bonds is 6. The molecule has 1 saturated heterocycles. The molecule has 0 bridgehead atoms. The average Bonchev–Trinajstić information content (AvgIpc) is 3.14. The molecule has 0 aliphatic carbocycles. The van der Waals surface area contributed by atoms with Crippen LogP contribution in [0.15, 0.2) is 42.6 Å². The Hall–Kier alpha value is -3.33. The van der Waals surface area contributed by atoms with Crippen LogP contribution >= 0.6 is 0 Å². The molecule has 3 heterocycles. The molecule has 1 aliphatic rings. The number of piperazine rings is 1. The first-order valence-electron chi connectivity index (χ1n) is 9.40. The molecule has 4 rings (SSSR count). The number of pyridine rings is 1. The summed E-state index contributed by atoms with van der Waals surface area (Å²) in [6.07, 6.45) is 1.68. The fourth-order valence-corrected chi connectivity index (χ4v) is 3.72. The normalized spacial score (nSPS) is 14.9. The first kappa shape index (κ1) is 19.0. The van der Waals surface area contributed by atoms with Crippen LogP contribution in [-0.2, 0) is 6.54 Å². The molecule has 2 aromatic heterocycles. The van der Waals surface area contributed by atoms with E-state index in [2.05, 4.69) is 9.88 Å². The van der Waals surface area contributed by atoms with Gasteiger partial charge in [0.2, 0.25) is 11.5 Å². The lowest BCUT2D eigenvalue weighted by Crippen LogP contribution is -2.46. The van der Waals surface area contributed by atoms with Crippen molar-refractivity contribution in [2.45, 2.75) is 6.54 Å². The van der Waals surface area contributed by atoms with E-state index < -0.39 is 0 Å². The summed E-state index contributed by atoms with van der Waals surface area (Å²) in [7, 11) is 3.30. The summed E-state index contributed by atoms with van der Waals surface area (Å²) >= 11 is 0. The Morgan fingerprint density at radius 1 is 1.10 bits per heavy atom. The van der Waals surface area contributed by atoms with Gasteiger partial charge in [-0.3, -0.25) is 4.90 Å². The highest BCUT2D eigenvalue weighted by molar-refractivity contribution is 5.63. The second-order valence-corrected chi connectivity index (χ2v) is 6.89. The third-order valence-corrected chi connectivity index (χ3v) is 5.21. The monoisotopic (exact) mass is 397 g/mol. The first-order valence-corrected chi connectivity index (χ1v) is 9.40. The van der Waals surface area contributed by atoms with Crippen LogP contribution in [0.2, 0.25) is 0 Å². The van der Waals surface area contributed by atoms with E-state index in [1.165, 1.54) is 4.40 Å². The van der Waals surface area contributed by atoms with E-state index in [-0.39, 0.29) is 10.7 Å². The van der Waals surface area contributed by atoms with E-state index >= 15 is 0 Å². The van der Waals surface area contributed by atoms with E-state index in [9.17, 15) is 10.1 Å². The Bertz CT molecular complexity index is 1030. The number of nitrogens with zero attached hydrogens (tertiary/aromatic N) is 5. The van der Waals surface area contributed by atoms with Crippen LogP contribution in [0.5, 0.6) is 11.5 Å². The molecule has 0 saturated carbocycles. The van der Waals surface area contributed by atoms with Gasteiger partial charge in [0.05, 0.1) is 20.4 Å². The number of nitro groups is 1. The van der Waals surface area contributed by atoms with Gasteiger partial charge in [-0.1, -0.05) is 6.07 Å². The van der Waals surface area contributed by atoms with Crippen LogP contribution < -0.4 is 14.4 Å². The van der Waals surface area contributed by atoms with Crippen LogP contribution in [0.25, 0.3) is 5.65 Å². The molecule has 0 N–H and O–H groups in total. The minimum absolute atomic E-state index is 0.0171. The summed E-state index contributed by atoms with van der Waals surface area (Å²) in [5.41, 5.74) is 1.64. The molecule has 29 heavy (non-hydrogen) atoms. The molecule has 9 nitrogen and oxygen atoms in total. The third-order valence-electron chi connectivity index (χ3n) is 5.21. The van der Waals surface area contributed by atoms with Gasteiger partial charge in [0.1, 0.15) is 11.5 Å². The molecule has 0 atom stereocenters. The molecule has 0 amide bonds. The zero-order chi connectivity index (χ0) is 20.4. The third kappa shape index (κ3) is 3.68. The van der Waals surface area contributed by atoms with Crippen molar-refractivity contribution in [3.05, 3.63) is 58.3 Å². The topological polar surface area (TPSA) is 85.4 Å². The number of hydrogen-bond donors (Lipinski definition) is 0. The van der Waals surface area contributed by atoms with E-state index in [4.69, 9.17) is 9.47 Å². The van der Waals surface area contributed by atoms with Gasteiger partial charge in [-0.25, -0.2) is 0 Å². The second kappa shape index (κ2) is 7.96. The maximum atomic E-state index is 11.7. The highest BCUT2D eigenvalue weighted by Gasteiger charge is 2.29. The first-order chi connectivity index (χ1) is 14.1. The Morgan fingerprint density at radius 3 is 2.59 bits per heavy atom. The van der Waals surface area contributed by atoms with Crippen LogP contribution in [0.3, 0.4) is 0 Å². The predicted octanol–water partition coefficient (Wildman–Crippen LogP) is 2.58. The van der Waals surface area contributed by atoms with Gasteiger partial charge in [0.15, 0.2) is 0 Å². The van der Waals surface area contributed by atoms with Crippen molar-refractivity contribution in [2.75, 3.05) is 45.3 Å². The molecule has 9 heteroatoms. The minimum atomic E-state index is -0.358.